The normalized spacial score (nSPS) is 17.9. The van der Waals surface area contributed by atoms with Crippen LogP contribution >= 0.6 is 0 Å². The Balaban J connectivity index is 1.84. The molecule has 134 valence electrons. The number of rotatable bonds is 2. The van der Waals surface area contributed by atoms with E-state index in [1.54, 1.807) is 33.9 Å². The van der Waals surface area contributed by atoms with Crippen molar-refractivity contribution in [3.8, 4) is 0 Å². The highest BCUT2D eigenvalue weighted by molar-refractivity contribution is 5.91. The monoisotopic (exact) mass is 343 g/mol. The molecule has 6 nitrogen and oxygen atoms in total. The molecule has 1 fully saturated rings. The van der Waals surface area contributed by atoms with Crippen LogP contribution in [0.5, 0.6) is 0 Å². The maximum absolute atomic E-state index is 12.7. The number of anilines is 1. The van der Waals surface area contributed by atoms with Crippen molar-refractivity contribution in [2.75, 3.05) is 12.3 Å². The zero-order chi connectivity index (χ0) is 18.2. The van der Waals surface area contributed by atoms with E-state index in [1.807, 2.05) is 26.8 Å². The van der Waals surface area contributed by atoms with Gasteiger partial charge >= 0.3 is 6.09 Å². The molecule has 1 aromatic heterocycles. The fourth-order valence-corrected chi connectivity index (χ4v) is 3.30. The molecule has 3 rings (SSSR count). The topological polar surface area (TPSA) is 77.6 Å². The highest BCUT2D eigenvalue weighted by atomic mass is 16.6. The number of pyridine rings is 1. The number of aromatic nitrogens is 1. The van der Waals surface area contributed by atoms with E-state index >= 15 is 0 Å². The van der Waals surface area contributed by atoms with Gasteiger partial charge in [0.15, 0.2) is 0 Å². The lowest BCUT2D eigenvalue weighted by atomic mass is 10.1. The molecule has 0 radical (unpaired) electrons. The average molecular weight is 343 g/mol. The first kappa shape index (κ1) is 17.3. The van der Waals surface area contributed by atoms with Gasteiger partial charge in [0.1, 0.15) is 5.60 Å². The quantitative estimate of drug-likeness (QED) is 0.851. The summed E-state index contributed by atoms with van der Waals surface area (Å²) in [6.07, 6.45) is 3.22. The maximum atomic E-state index is 12.7. The number of ether oxygens (including phenoxy) is 1. The molecular weight excluding hydrogens is 318 g/mol. The van der Waals surface area contributed by atoms with Gasteiger partial charge in [0, 0.05) is 35.7 Å². The summed E-state index contributed by atoms with van der Waals surface area (Å²) in [5, 5.41) is 1.36. The smallest absolute Gasteiger partial charge is 0.410 e. The number of amides is 1. The Hall–Kier alpha value is -2.50. The van der Waals surface area contributed by atoms with E-state index in [0.717, 1.165) is 18.2 Å². The van der Waals surface area contributed by atoms with Gasteiger partial charge in [-0.25, -0.2) is 4.79 Å². The number of carbonyl (C=O) groups excluding carboxylic acids is 1. The molecule has 1 amide bonds. The van der Waals surface area contributed by atoms with Crippen LogP contribution in [0.3, 0.4) is 0 Å². The number of nitrogen functional groups attached to an aromatic ring is 1. The van der Waals surface area contributed by atoms with E-state index in [4.69, 9.17) is 10.5 Å². The van der Waals surface area contributed by atoms with E-state index < -0.39 is 5.60 Å². The molecule has 1 aliphatic rings. The summed E-state index contributed by atoms with van der Waals surface area (Å²) in [4.78, 5) is 26.9. The van der Waals surface area contributed by atoms with Crippen molar-refractivity contribution in [1.29, 1.82) is 0 Å². The zero-order valence-electron chi connectivity index (χ0n) is 15.0. The molecule has 0 saturated carbocycles. The third-order valence-electron chi connectivity index (χ3n) is 4.46. The molecule has 0 bridgehead atoms. The van der Waals surface area contributed by atoms with Gasteiger partial charge in [-0.15, -0.1) is 0 Å². The molecule has 1 aromatic carbocycles. The molecule has 6 heteroatoms. The summed E-state index contributed by atoms with van der Waals surface area (Å²) in [7, 11) is 0. The Morgan fingerprint density at radius 1 is 1.28 bits per heavy atom. The fourth-order valence-electron chi connectivity index (χ4n) is 3.30. The summed E-state index contributed by atoms with van der Waals surface area (Å²) in [5.74, 6) is 0. The predicted molar refractivity (Wildman–Crippen MR) is 98.6 cm³/mol. The lowest BCUT2D eigenvalue weighted by Crippen LogP contribution is -2.42. The lowest BCUT2D eigenvalue weighted by molar-refractivity contribution is 0.0213. The molecule has 1 aliphatic heterocycles. The third-order valence-corrected chi connectivity index (χ3v) is 4.46. The van der Waals surface area contributed by atoms with Crippen LogP contribution in [-0.4, -0.2) is 33.7 Å². The van der Waals surface area contributed by atoms with Gasteiger partial charge in [0.05, 0.1) is 6.04 Å². The van der Waals surface area contributed by atoms with Gasteiger partial charge in [-0.1, -0.05) is 6.07 Å². The number of likely N-dealkylation sites (tertiary alicyclic amines) is 1. The summed E-state index contributed by atoms with van der Waals surface area (Å²) < 4.78 is 7.15. The van der Waals surface area contributed by atoms with Crippen LogP contribution in [0.4, 0.5) is 10.5 Å². The number of carbonyl (C=O) groups is 1. The van der Waals surface area contributed by atoms with Gasteiger partial charge in [0.25, 0.3) is 5.56 Å². The van der Waals surface area contributed by atoms with Crippen LogP contribution in [0, 0.1) is 0 Å². The van der Waals surface area contributed by atoms with Crippen LogP contribution in [0.25, 0.3) is 10.8 Å². The minimum Gasteiger partial charge on any atom is -0.444 e. The SMILES string of the molecule is CC(C)(C)OC(=O)N1CCC[C@H]1Cn1ccc2c(N)cccc2c1=O. The molecule has 0 aliphatic carbocycles. The number of hydrogen-bond acceptors (Lipinski definition) is 4. The first-order valence-electron chi connectivity index (χ1n) is 8.63. The van der Waals surface area contributed by atoms with Crippen molar-refractivity contribution < 1.29 is 9.53 Å². The van der Waals surface area contributed by atoms with Gasteiger partial charge in [-0.05, 0) is 51.8 Å². The summed E-state index contributed by atoms with van der Waals surface area (Å²) in [6.45, 7) is 6.69. The number of nitrogens with zero attached hydrogens (tertiary/aromatic N) is 2. The van der Waals surface area contributed by atoms with Crippen LogP contribution in [0.15, 0.2) is 35.3 Å². The zero-order valence-corrected chi connectivity index (χ0v) is 15.0. The van der Waals surface area contributed by atoms with Gasteiger partial charge < -0.3 is 19.9 Å². The molecule has 2 heterocycles. The highest BCUT2D eigenvalue weighted by Crippen LogP contribution is 2.23. The molecule has 0 unspecified atom stereocenters. The van der Waals surface area contributed by atoms with Crippen LogP contribution in [-0.2, 0) is 11.3 Å². The third kappa shape index (κ3) is 3.62. The summed E-state index contributed by atoms with van der Waals surface area (Å²) >= 11 is 0. The Labute approximate surface area is 147 Å². The van der Waals surface area contributed by atoms with Crippen molar-refractivity contribution in [1.82, 2.24) is 9.47 Å². The summed E-state index contributed by atoms with van der Waals surface area (Å²) in [6, 6.07) is 7.18. The Morgan fingerprint density at radius 3 is 2.76 bits per heavy atom. The highest BCUT2D eigenvalue weighted by Gasteiger charge is 2.32. The minimum atomic E-state index is -0.526. The van der Waals surface area contributed by atoms with Crippen molar-refractivity contribution >= 4 is 22.6 Å². The second-order valence-corrected chi connectivity index (χ2v) is 7.55. The number of benzene rings is 1. The van der Waals surface area contributed by atoms with E-state index in [0.29, 0.717) is 24.2 Å². The molecule has 1 saturated heterocycles. The Morgan fingerprint density at radius 2 is 2.04 bits per heavy atom. The molecule has 2 N–H and O–H groups in total. The van der Waals surface area contributed by atoms with Crippen molar-refractivity contribution in [3.63, 3.8) is 0 Å². The van der Waals surface area contributed by atoms with E-state index in [-0.39, 0.29) is 17.7 Å². The van der Waals surface area contributed by atoms with E-state index in [1.165, 1.54) is 0 Å². The molecule has 25 heavy (non-hydrogen) atoms. The van der Waals surface area contributed by atoms with E-state index in [2.05, 4.69) is 0 Å². The van der Waals surface area contributed by atoms with Crippen molar-refractivity contribution in [2.45, 2.75) is 51.8 Å². The van der Waals surface area contributed by atoms with Gasteiger partial charge in [0.2, 0.25) is 0 Å². The van der Waals surface area contributed by atoms with Crippen LogP contribution in [0.2, 0.25) is 0 Å². The minimum absolute atomic E-state index is 0.0361. The largest absolute Gasteiger partial charge is 0.444 e. The molecular formula is C19H25N3O3. The van der Waals surface area contributed by atoms with E-state index in [9.17, 15) is 9.59 Å². The first-order chi connectivity index (χ1) is 11.8. The molecule has 0 spiro atoms. The fraction of sp³-hybridized carbons (Fsp3) is 0.474. The van der Waals surface area contributed by atoms with Crippen molar-refractivity contribution in [3.05, 3.63) is 40.8 Å². The predicted octanol–water partition coefficient (Wildman–Crippen LogP) is 2.98. The Kier molecular flexibility index (Phi) is 4.45. The molecule has 2 aromatic rings. The average Bonchev–Trinajstić information content (AvgIpc) is 2.97. The van der Waals surface area contributed by atoms with Crippen LogP contribution < -0.4 is 11.3 Å². The Bertz CT molecular complexity index is 851. The second kappa shape index (κ2) is 6.43. The number of fused-ring (bicyclic) bond motifs is 1. The molecule has 1 atom stereocenters. The first-order valence-corrected chi connectivity index (χ1v) is 8.63. The summed E-state index contributed by atoms with van der Waals surface area (Å²) in [5.41, 5.74) is 5.93. The second-order valence-electron chi connectivity index (χ2n) is 7.55. The van der Waals surface area contributed by atoms with Crippen molar-refractivity contribution in [2.24, 2.45) is 0 Å². The number of nitrogens with two attached hydrogens (primary N) is 1. The van der Waals surface area contributed by atoms with Gasteiger partial charge in [-0.3, -0.25) is 4.79 Å². The maximum Gasteiger partial charge on any atom is 0.410 e. The number of hydrogen-bond donors (Lipinski definition) is 1. The van der Waals surface area contributed by atoms with Crippen LogP contribution in [0.1, 0.15) is 33.6 Å². The standard InChI is InChI=1S/C19H25N3O3/c1-19(2,3)25-18(24)22-10-5-6-13(22)12-21-11-9-14-15(17(21)23)7-4-8-16(14)20/h4,7-9,11,13H,5-6,10,12,20H2,1-3H3/t13-/m0/s1. The van der Waals surface area contributed by atoms with Gasteiger partial charge in [-0.2, -0.15) is 0 Å². The lowest BCUT2D eigenvalue weighted by Gasteiger charge is -2.29.